The molecule has 1 rings (SSSR count). The van der Waals surface area contributed by atoms with E-state index in [9.17, 15) is 0 Å². The Kier molecular flexibility index (Phi) is 6.73. The fourth-order valence-electron chi connectivity index (χ4n) is 3.02. The van der Waals surface area contributed by atoms with Crippen molar-refractivity contribution < 1.29 is 0 Å². The molecule has 0 spiro atoms. The predicted molar refractivity (Wildman–Crippen MR) is 95.3 cm³/mol. The minimum absolute atomic E-state index is 0.344. The second-order valence-electron chi connectivity index (χ2n) is 6.89. The largest absolute Gasteiger partial charge is 0.374 e. The van der Waals surface area contributed by atoms with Gasteiger partial charge in [-0.1, -0.05) is 45.4 Å². The van der Waals surface area contributed by atoms with Gasteiger partial charge in [-0.15, -0.1) is 0 Å². The van der Waals surface area contributed by atoms with Crippen LogP contribution in [0.1, 0.15) is 51.7 Å². The molecule has 2 nitrogen and oxygen atoms in total. The van der Waals surface area contributed by atoms with Crippen molar-refractivity contribution in [2.24, 2.45) is 5.41 Å². The van der Waals surface area contributed by atoms with Crippen LogP contribution in [-0.4, -0.2) is 26.2 Å². The van der Waals surface area contributed by atoms with Crippen LogP contribution in [0.5, 0.6) is 0 Å². The minimum atomic E-state index is 0.344. The Balaban J connectivity index is 2.87. The van der Waals surface area contributed by atoms with E-state index in [1.54, 1.807) is 0 Å². The minimum Gasteiger partial charge on any atom is -0.374 e. The summed E-state index contributed by atoms with van der Waals surface area (Å²) < 4.78 is 0. The van der Waals surface area contributed by atoms with E-state index in [2.05, 4.69) is 77.0 Å². The van der Waals surface area contributed by atoms with E-state index in [1.165, 1.54) is 29.7 Å². The number of nitrogens with one attached hydrogen (secondary N) is 1. The molecule has 21 heavy (non-hydrogen) atoms. The Hall–Kier alpha value is -1.02. The first-order chi connectivity index (χ1) is 9.83. The normalized spacial score (nSPS) is 12.0. The molecule has 0 atom stereocenters. The van der Waals surface area contributed by atoms with Crippen LogP contribution >= 0.6 is 0 Å². The van der Waals surface area contributed by atoms with Crippen molar-refractivity contribution in [3.63, 3.8) is 0 Å². The van der Waals surface area contributed by atoms with Crippen molar-refractivity contribution >= 4 is 5.69 Å². The Morgan fingerprint density at radius 1 is 1.14 bits per heavy atom. The van der Waals surface area contributed by atoms with Gasteiger partial charge >= 0.3 is 0 Å². The number of anilines is 1. The fraction of sp³-hybridized carbons (Fsp3) is 0.684. The molecular formula is C19H34N2. The number of aryl methyl sites for hydroxylation is 2. The van der Waals surface area contributed by atoms with Gasteiger partial charge in [-0.05, 0) is 43.7 Å². The molecule has 0 radical (unpaired) electrons. The number of rotatable bonds is 8. The summed E-state index contributed by atoms with van der Waals surface area (Å²) in [7, 11) is 2.23. The van der Waals surface area contributed by atoms with Crippen LogP contribution in [0.2, 0.25) is 0 Å². The van der Waals surface area contributed by atoms with Crippen LogP contribution in [0.25, 0.3) is 0 Å². The molecule has 0 heterocycles. The summed E-state index contributed by atoms with van der Waals surface area (Å²) in [6, 6.07) is 7.30. The van der Waals surface area contributed by atoms with Gasteiger partial charge in [0, 0.05) is 31.9 Å². The lowest BCUT2D eigenvalue weighted by molar-refractivity contribution is 0.248. The van der Waals surface area contributed by atoms with Crippen molar-refractivity contribution in [3.05, 3.63) is 29.3 Å². The zero-order valence-corrected chi connectivity index (χ0v) is 15.1. The van der Waals surface area contributed by atoms with Gasteiger partial charge in [0.1, 0.15) is 0 Å². The van der Waals surface area contributed by atoms with Crippen LogP contribution in [0.15, 0.2) is 18.2 Å². The van der Waals surface area contributed by atoms with Gasteiger partial charge in [0.05, 0.1) is 0 Å². The molecule has 1 aromatic carbocycles. The Morgan fingerprint density at radius 3 is 2.24 bits per heavy atom. The summed E-state index contributed by atoms with van der Waals surface area (Å²) in [6.07, 6.45) is 2.41. The first-order valence-electron chi connectivity index (χ1n) is 8.35. The number of nitrogens with zero attached hydrogens (tertiary/aromatic N) is 1. The van der Waals surface area contributed by atoms with Crippen molar-refractivity contribution in [3.8, 4) is 0 Å². The molecule has 2 heteroatoms. The van der Waals surface area contributed by atoms with Crippen LogP contribution in [0.4, 0.5) is 5.69 Å². The maximum atomic E-state index is 3.64. The molecule has 0 unspecified atom stereocenters. The summed E-state index contributed by atoms with van der Waals surface area (Å²) in [5.41, 5.74) is 4.41. The molecule has 1 N–H and O–H groups in total. The Bertz CT molecular complexity index is 433. The maximum absolute atomic E-state index is 3.64. The average Bonchev–Trinajstić information content (AvgIpc) is 2.43. The SMILES string of the molecule is CCC(CC)(CNC(C)C)CN(C)c1ccc(C)cc1C. The molecular weight excluding hydrogens is 256 g/mol. The average molecular weight is 290 g/mol. The summed E-state index contributed by atoms with van der Waals surface area (Å²) in [4.78, 5) is 2.43. The predicted octanol–water partition coefficient (Wildman–Crippen LogP) is 4.54. The maximum Gasteiger partial charge on any atom is 0.0393 e. The molecule has 0 aliphatic heterocycles. The highest BCUT2D eigenvalue weighted by Gasteiger charge is 2.28. The molecule has 0 aliphatic rings. The van der Waals surface area contributed by atoms with E-state index in [0.717, 1.165) is 13.1 Å². The Morgan fingerprint density at radius 2 is 1.76 bits per heavy atom. The van der Waals surface area contributed by atoms with E-state index >= 15 is 0 Å². The van der Waals surface area contributed by atoms with Gasteiger partial charge in [-0.3, -0.25) is 0 Å². The topological polar surface area (TPSA) is 15.3 Å². The highest BCUT2D eigenvalue weighted by molar-refractivity contribution is 5.54. The molecule has 0 saturated carbocycles. The lowest BCUT2D eigenvalue weighted by Crippen LogP contribution is -2.44. The van der Waals surface area contributed by atoms with E-state index < -0.39 is 0 Å². The zero-order chi connectivity index (χ0) is 16.0. The summed E-state index contributed by atoms with van der Waals surface area (Å²) >= 11 is 0. The molecule has 0 bridgehead atoms. The fourth-order valence-corrected chi connectivity index (χ4v) is 3.02. The van der Waals surface area contributed by atoms with Gasteiger partial charge in [0.25, 0.3) is 0 Å². The van der Waals surface area contributed by atoms with Crippen molar-refractivity contribution in [2.45, 2.75) is 60.4 Å². The molecule has 120 valence electrons. The highest BCUT2D eigenvalue weighted by atomic mass is 15.1. The molecule has 0 aromatic heterocycles. The molecule has 0 saturated heterocycles. The van der Waals surface area contributed by atoms with Crippen LogP contribution in [-0.2, 0) is 0 Å². The van der Waals surface area contributed by atoms with Crippen LogP contribution < -0.4 is 10.2 Å². The molecule has 0 amide bonds. The number of hydrogen-bond donors (Lipinski definition) is 1. The number of benzene rings is 1. The standard InChI is InChI=1S/C19H34N2/c1-8-19(9-2,13-20-15(3)4)14-21(7)18-11-10-16(5)12-17(18)6/h10-12,15,20H,8-9,13-14H2,1-7H3. The van der Waals surface area contributed by atoms with E-state index in [1.807, 2.05) is 0 Å². The summed E-state index contributed by atoms with van der Waals surface area (Å²) in [6.45, 7) is 15.7. The third-order valence-corrected chi connectivity index (χ3v) is 4.72. The lowest BCUT2D eigenvalue weighted by Gasteiger charge is -2.38. The van der Waals surface area contributed by atoms with Crippen LogP contribution in [0.3, 0.4) is 0 Å². The van der Waals surface area contributed by atoms with Gasteiger partial charge in [0.15, 0.2) is 0 Å². The first kappa shape index (κ1) is 18.0. The van der Waals surface area contributed by atoms with E-state index in [0.29, 0.717) is 11.5 Å². The summed E-state index contributed by atoms with van der Waals surface area (Å²) in [5.74, 6) is 0. The number of hydrogen-bond acceptors (Lipinski definition) is 2. The van der Waals surface area contributed by atoms with Crippen molar-refractivity contribution in [1.29, 1.82) is 0 Å². The van der Waals surface area contributed by atoms with Gasteiger partial charge in [0.2, 0.25) is 0 Å². The first-order valence-corrected chi connectivity index (χ1v) is 8.35. The molecule has 0 fully saturated rings. The summed E-state index contributed by atoms with van der Waals surface area (Å²) in [5, 5.41) is 3.64. The second-order valence-corrected chi connectivity index (χ2v) is 6.89. The zero-order valence-electron chi connectivity index (χ0n) is 15.1. The van der Waals surface area contributed by atoms with Crippen LogP contribution in [0, 0.1) is 19.3 Å². The monoisotopic (exact) mass is 290 g/mol. The van der Waals surface area contributed by atoms with Crippen molar-refractivity contribution in [1.82, 2.24) is 5.32 Å². The third-order valence-electron chi connectivity index (χ3n) is 4.72. The van der Waals surface area contributed by atoms with Gasteiger partial charge in [-0.25, -0.2) is 0 Å². The lowest BCUT2D eigenvalue weighted by atomic mass is 9.81. The molecule has 0 aliphatic carbocycles. The second kappa shape index (κ2) is 7.84. The Labute approximate surface area is 131 Å². The van der Waals surface area contributed by atoms with Gasteiger partial charge in [-0.2, -0.15) is 0 Å². The van der Waals surface area contributed by atoms with E-state index in [4.69, 9.17) is 0 Å². The third kappa shape index (κ3) is 5.03. The quantitative estimate of drug-likeness (QED) is 0.756. The van der Waals surface area contributed by atoms with Gasteiger partial charge < -0.3 is 10.2 Å². The van der Waals surface area contributed by atoms with Crippen molar-refractivity contribution in [2.75, 3.05) is 25.0 Å². The smallest absolute Gasteiger partial charge is 0.0393 e. The molecule has 1 aromatic rings. The highest BCUT2D eigenvalue weighted by Crippen LogP contribution is 2.30. The van der Waals surface area contributed by atoms with E-state index in [-0.39, 0.29) is 0 Å².